The standard InChI is InChI=1S/C10H15N2/c1-4-8(2)9(3)10-7-11-5-6-12-10/h5-8H,4H2,1-3H3. The first-order chi connectivity index (χ1) is 5.75. The number of rotatable bonds is 3. The van der Waals surface area contributed by atoms with E-state index in [1.54, 1.807) is 12.4 Å². The molecule has 0 aliphatic rings. The predicted molar refractivity (Wildman–Crippen MR) is 49.5 cm³/mol. The van der Waals surface area contributed by atoms with Crippen molar-refractivity contribution < 1.29 is 0 Å². The molecule has 0 aliphatic carbocycles. The Labute approximate surface area is 74.1 Å². The molecule has 2 nitrogen and oxygen atoms in total. The molecule has 12 heavy (non-hydrogen) atoms. The third-order valence-electron chi connectivity index (χ3n) is 2.32. The van der Waals surface area contributed by atoms with Crippen LogP contribution in [-0.4, -0.2) is 9.97 Å². The topological polar surface area (TPSA) is 25.8 Å². The zero-order valence-corrected chi connectivity index (χ0v) is 7.91. The third-order valence-corrected chi connectivity index (χ3v) is 2.32. The Kier molecular flexibility index (Phi) is 3.20. The molecule has 1 heterocycles. The zero-order valence-electron chi connectivity index (χ0n) is 7.91. The predicted octanol–water partition coefficient (Wildman–Crippen LogP) is 2.47. The quantitative estimate of drug-likeness (QED) is 0.684. The Balaban J connectivity index is 2.71. The maximum absolute atomic E-state index is 4.25. The lowest BCUT2D eigenvalue weighted by molar-refractivity contribution is 0.590. The van der Waals surface area contributed by atoms with Crippen LogP contribution in [0.1, 0.15) is 32.9 Å². The monoisotopic (exact) mass is 163 g/mol. The van der Waals surface area contributed by atoms with Gasteiger partial charge in [-0.25, -0.2) is 0 Å². The molecular weight excluding hydrogens is 148 g/mol. The van der Waals surface area contributed by atoms with Gasteiger partial charge in [-0.2, -0.15) is 0 Å². The Morgan fingerprint density at radius 2 is 2.25 bits per heavy atom. The minimum Gasteiger partial charge on any atom is -0.261 e. The van der Waals surface area contributed by atoms with Gasteiger partial charge >= 0.3 is 0 Å². The fraction of sp³-hybridized carbons (Fsp3) is 0.500. The van der Waals surface area contributed by atoms with E-state index in [9.17, 15) is 0 Å². The van der Waals surface area contributed by atoms with Gasteiger partial charge in [0, 0.05) is 24.5 Å². The van der Waals surface area contributed by atoms with Crippen molar-refractivity contribution in [3.8, 4) is 0 Å². The molecule has 1 radical (unpaired) electrons. The van der Waals surface area contributed by atoms with Crippen LogP contribution in [0.15, 0.2) is 18.6 Å². The molecule has 2 heteroatoms. The molecule has 0 aromatic carbocycles. The van der Waals surface area contributed by atoms with E-state index in [1.165, 1.54) is 5.92 Å². The Morgan fingerprint density at radius 1 is 1.50 bits per heavy atom. The van der Waals surface area contributed by atoms with E-state index in [0.717, 1.165) is 12.1 Å². The van der Waals surface area contributed by atoms with Gasteiger partial charge in [0.2, 0.25) is 0 Å². The molecule has 0 fully saturated rings. The van der Waals surface area contributed by atoms with E-state index >= 15 is 0 Å². The van der Waals surface area contributed by atoms with Crippen LogP contribution >= 0.6 is 0 Å². The summed E-state index contributed by atoms with van der Waals surface area (Å²) in [4.78, 5) is 8.29. The summed E-state index contributed by atoms with van der Waals surface area (Å²) in [5.74, 6) is 1.92. The molecule has 1 rings (SSSR count). The van der Waals surface area contributed by atoms with Gasteiger partial charge in [-0.3, -0.25) is 9.97 Å². The fourth-order valence-corrected chi connectivity index (χ4v) is 1.06. The van der Waals surface area contributed by atoms with Crippen LogP contribution in [0.3, 0.4) is 0 Å². The van der Waals surface area contributed by atoms with Crippen molar-refractivity contribution >= 4 is 0 Å². The van der Waals surface area contributed by atoms with Crippen molar-refractivity contribution in [3.05, 3.63) is 30.2 Å². The largest absolute Gasteiger partial charge is 0.261 e. The first-order valence-corrected chi connectivity index (χ1v) is 4.35. The number of nitrogens with zero attached hydrogens (tertiary/aromatic N) is 2. The van der Waals surface area contributed by atoms with Crippen LogP contribution in [-0.2, 0) is 0 Å². The van der Waals surface area contributed by atoms with E-state index < -0.39 is 0 Å². The zero-order chi connectivity index (χ0) is 8.97. The molecule has 0 spiro atoms. The van der Waals surface area contributed by atoms with Crippen molar-refractivity contribution in [2.45, 2.75) is 27.2 Å². The molecular formula is C10H15N2. The number of hydrogen-bond donors (Lipinski definition) is 0. The first-order valence-electron chi connectivity index (χ1n) is 4.35. The first kappa shape index (κ1) is 9.17. The van der Waals surface area contributed by atoms with Gasteiger partial charge in [-0.05, 0) is 5.92 Å². The second-order valence-electron chi connectivity index (χ2n) is 3.08. The van der Waals surface area contributed by atoms with E-state index in [1.807, 2.05) is 6.20 Å². The molecule has 0 bridgehead atoms. The minimum atomic E-state index is 0.599. The van der Waals surface area contributed by atoms with Gasteiger partial charge in [0.1, 0.15) is 0 Å². The maximum Gasteiger partial charge on any atom is 0.0657 e. The van der Waals surface area contributed by atoms with Crippen LogP contribution in [0.2, 0.25) is 0 Å². The maximum atomic E-state index is 4.25. The van der Waals surface area contributed by atoms with Crippen molar-refractivity contribution in [1.82, 2.24) is 9.97 Å². The molecule has 1 aromatic rings. The minimum absolute atomic E-state index is 0.599. The summed E-state index contributed by atoms with van der Waals surface area (Å²) in [6, 6.07) is 0. The van der Waals surface area contributed by atoms with Crippen molar-refractivity contribution in [2.24, 2.45) is 5.92 Å². The molecule has 1 aromatic heterocycles. The number of aromatic nitrogens is 2. The second-order valence-corrected chi connectivity index (χ2v) is 3.08. The number of hydrogen-bond acceptors (Lipinski definition) is 2. The lowest BCUT2D eigenvalue weighted by Gasteiger charge is -2.15. The van der Waals surface area contributed by atoms with Crippen molar-refractivity contribution in [2.75, 3.05) is 0 Å². The average Bonchev–Trinajstić information content (AvgIpc) is 2.17. The van der Waals surface area contributed by atoms with Crippen LogP contribution in [0.5, 0.6) is 0 Å². The molecule has 0 N–H and O–H groups in total. The van der Waals surface area contributed by atoms with Gasteiger partial charge < -0.3 is 0 Å². The fourth-order valence-electron chi connectivity index (χ4n) is 1.06. The highest BCUT2D eigenvalue weighted by atomic mass is 14.8. The van der Waals surface area contributed by atoms with Gasteiger partial charge in [0.05, 0.1) is 5.69 Å². The van der Waals surface area contributed by atoms with E-state index in [4.69, 9.17) is 0 Å². The molecule has 0 saturated heterocycles. The molecule has 1 unspecified atom stereocenters. The molecule has 0 aliphatic heterocycles. The highest BCUT2D eigenvalue weighted by Crippen LogP contribution is 2.22. The molecule has 65 valence electrons. The summed E-state index contributed by atoms with van der Waals surface area (Å²) >= 11 is 0. The van der Waals surface area contributed by atoms with Crippen LogP contribution in [0.25, 0.3) is 0 Å². The van der Waals surface area contributed by atoms with E-state index in [2.05, 4.69) is 30.7 Å². The Bertz CT molecular complexity index is 221. The summed E-state index contributed by atoms with van der Waals surface area (Å²) in [5.41, 5.74) is 1.02. The average molecular weight is 163 g/mol. The smallest absolute Gasteiger partial charge is 0.0657 e. The Hall–Kier alpha value is -0.920. The summed E-state index contributed by atoms with van der Waals surface area (Å²) in [6.07, 6.45) is 6.42. The summed E-state index contributed by atoms with van der Waals surface area (Å²) in [5, 5.41) is 0. The molecule has 1 atom stereocenters. The van der Waals surface area contributed by atoms with Crippen molar-refractivity contribution in [3.63, 3.8) is 0 Å². The molecule has 0 saturated carbocycles. The summed E-state index contributed by atoms with van der Waals surface area (Å²) in [7, 11) is 0. The van der Waals surface area contributed by atoms with Gasteiger partial charge in [0.25, 0.3) is 0 Å². The normalized spacial score (nSPS) is 13.3. The third kappa shape index (κ3) is 2.03. The van der Waals surface area contributed by atoms with Crippen molar-refractivity contribution in [1.29, 1.82) is 0 Å². The summed E-state index contributed by atoms with van der Waals surface area (Å²) in [6.45, 7) is 6.52. The van der Waals surface area contributed by atoms with Gasteiger partial charge in [0.15, 0.2) is 0 Å². The van der Waals surface area contributed by atoms with E-state index in [0.29, 0.717) is 5.92 Å². The summed E-state index contributed by atoms with van der Waals surface area (Å²) < 4.78 is 0. The lowest BCUT2D eigenvalue weighted by atomic mass is 9.91. The van der Waals surface area contributed by atoms with Gasteiger partial charge in [-0.1, -0.05) is 27.2 Å². The van der Waals surface area contributed by atoms with Crippen LogP contribution in [0, 0.1) is 11.8 Å². The van der Waals surface area contributed by atoms with Gasteiger partial charge in [-0.15, -0.1) is 0 Å². The van der Waals surface area contributed by atoms with Crippen LogP contribution in [0.4, 0.5) is 0 Å². The lowest BCUT2D eigenvalue weighted by Crippen LogP contribution is -2.07. The second kappa shape index (κ2) is 4.19. The van der Waals surface area contributed by atoms with Crippen LogP contribution < -0.4 is 0 Å². The SMILES string of the molecule is CCC(C)[C](C)c1cnccn1. The van der Waals surface area contributed by atoms with E-state index in [-0.39, 0.29) is 0 Å². The molecule has 0 amide bonds. The Morgan fingerprint density at radius 3 is 2.75 bits per heavy atom. The highest BCUT2D eigenvalue weighted by molar-refractivity contribution is 5.18. The highest BCUT2D eigenvalue weighted by Gasteiger charge is 2.13.